The minimum absolute atomic E-state index is 0.416. The molecule has 0 saturated carbocycles. The molecule has 14 rings (SSSR count). The van der Waals surface area contributed by atoms with Crippen LogP contribution in [0.25, 0.3) is 116 Å². The average Bonchev–Trinajstić information content (AvgIpc) is 4.13. The molecular weight excluding hydrogens is 873 g/mol. The predicted molar refractivity (Wildman–Crippen MR) is 294 cm³/mol. The molecule has 314 valence electrons. The van der Waals surface area contributed by atoms with Crippen LogP contribution in [-0.2, 0) is 0 Å². The van der Waals surface area contributed by atoms with Crippen molar-refractivity contribution in [3.8, 4) is 5.69 Å². The van der Waals surface area contributed by atoms with Gasteiger partial charge in [0.2, 0.25) is 0 Å². The smallest absolute Gasteiger partial charge is 0.161 e. The van der Waals surface area contributed by atoms with Gasteiger partial charge in [-0.1, -0.05) is 133 Å². The van der Waals surface area contributed by atoms with Crippen LogP contribution in [0, 0.1) is 0 Å². The molecule has 10 aromatic carbocycles. The zero-order chi connectivity index (χ0) is 44.2. The van der Waals surface area contributed by atoms with Crippen molar-refractivity contribution in [2.75, 3.05) is 0 Å². The van der Waals surface area contributed by atoms with Gasteiger partial charge in [-0.15, -0.1) is 34.0 Å². The zero-order valence-corrected chi connectivity index (χ0v) is 38.2. The quantitative estimate of drug-likeness (QED) is 0.136. The summed E-state index contributed by atoms with van der Waals surface area (Å²) >= 11 is 5.40. The topological polar surface area (TPSA) is 55.7 Å². The van der Waals surface area contributed by atoms with Crippen LogP contribution >= 0.6 is 34.0 Å². The van der Waals surface area contributed by atoms with E-state index in [1.807, 2.05) is 17.5 Å². The third kappa shape index (κ3) is 6.16. The van der Waals surface area contributed by atoms with E-state index in [2.05, 4.69) is 205 Å². The highest BCUT2D eigenvalue weighted by molar-refractivity contribution is 7.26. The monoisotopic (exact) mass is 908 g/mol. The Bertz CT molecular complexity index is 4390. The maximum Gasteiger partial charge on any atom is 0.161 e. The Labute approximate surface area is 396 Å². The van der Waals surface area contributed by atoms with E-state index < -0.39 is 0 Å². The van der Waals surface area contributed by atoms with E-state index in [-0.39, 0.29) is 0 Å². The molecule has 0 bridgehead atoms. The molecule has 0 unspecified atom stereocenters. The zero-order valence-electron chi connectivity index (χ0n) is 35.8. The van der Waals surface area contributed by atoms with Gasteiger partial charge in [-0.25, -0.2) is 9.98 Å². The number of hydrogen-bond donors (Lipinski definition) is 1. The van der Waals surface area contributed by atoms with Crippen molar-refractivity contribution >= 4 is 156 Å². The highest BCUT2D eigenvalue weighted by Crippen LogP contribution is 2.45. The maximum absolute atomic E-state index is 7.00. The fourth-order valence-electron chi connectivity index (χ4n) is 10.1. The number of nitrogens with zero attached hydrogens (tertiary/aromatic N) is 3. The third-order valence-corrected chi connectivity index (χ3v) is 16.7. The Morgan fingerprint density at radius 1 is 0.418 bits per heavy atom. The minimum Gasteiger partial charge on any atom is -0.383 e. The first-order valence-electron chi connectivity index (χ1n) is 22.3. The number of hydrogen-bond acceptors (Lipinski definition) is 4. The molecule has 0 aliphatic rings. The molecule has 0 amide bonds. The lowest BCUT2D eigenvalue weighted by atomic mass is 10.0. The number of rotatable bonds is 5. The number of nitrogens with two attached hydrogens (primary N) is 1. The fourth-order valence-corrected chi connectivity index (χ4v) is 13.5. The summed E-state index contributed by atoms with van der Waals surface area (Å²) in [6.07, 6.45) is 4.06. The minimum atomic E-state index is 0.416. The van der Waals surface area contributed by atoms with Gasteiger partial charge in [0.1, 0.15) is 5.84 Å². The van der Waals surface area contributed by atoms with Gasteiger partial charge in [-0.05, 0) is 88.3 Å². The highest BCUT2D eigenvalue weighted by atomic mass is 32.1. The van der Waals surface area contributed by atoms with Gasteiger partial charge >= 0.3 is 0 Å². The molecule has 0 saturated heterocycles. The van der Waals surface area contributed by atoms with E-state index in [4.69, 9.17) is 15.7 Å². The first-order valence-corrected chi connectivity index (χ1v) is 24.8. The lowest BCUT2D eigenvalue weighted by Gasteiger charge is -2.15. The summed E-state index contributed by atoms with van der Waals surface area (Å²) in [4.78, 5) is 10.4. The van der Waals surface area contributed by atoms with Crippen molar-refractivity contribution in [1.82, 2.24) is 4.57 Å². The normalized spacial score (nSPS) is 13.0. The van der Waals surface area contributed by atoms with Gasteiger partial charge in [-0.2, -0.15) is 0 Å². The van der Waals surface area contributed by atoms with Crippen molar-refractivity contribution < 1.29 is 0 Å². The van der Waals surface area contributed by atoms with Crippen LogP contribution in [0.2, 0.25) is 0 Å². The van der Waals surface area contributed by atoms with Gasteiger partial charge in [0.05, 0.1) is 16.7 Å². The highest BCUT2D eigenvalue weighted by Gasteiger charge is 2.21. The summed E-state index contributed by atoms with van der Waals surface area (Å²) in [5.41, 5.74) is 13.3. The maximum atomic E-state index is 7.00. The molecular formula is C60H36N4S3. The molecule has 0 aliphatic heterocycles. The van der Waals surface area contributed by atoms with E-state index in [0.717, 1.165) is 33.4 Å². The van der Waals surface area contributed by atoms with Crippen LogP contribution in [0.3, 0.4) is 0 Å². The van der Waals surface area contributed by atoms with Gasteiger partial charge in [0.15, 0.2) is 5.84 Å². The van der Waals surface area contributed by atoms with Crippen molar-refractivity contribution in [1.29, 1.82) is 0 Å². The van der Waals surface area contributed by atoms with E-state index >= 15 is 0 Å². The summed E-state index contributed by atoms with van der Waals surface area (Å²) < 4.78 is 9.86. The van der Waals surface area contributed by atoms with Gasteiger partial charge < -0.3 is 10.3 Å². The number of thiophene rings is 3. The SMILES string of the molecule is NC(=NC(=N/C=C/c1ccc2sc3ccccc3c2c1-n1c2cc3ccccc3cc2c2cc3ccccc3cc21)c1ccc2c(c1)sc1ccccc12)c1ccc2c(c1)sc1ccccc12. The second kappa shape index (κ2) is 15.1. The molecule has 0 atom stereocenters. The number of benzene rings is 10. The van der Waals surface area contributed by atoms with Crippen LogP contribution in [-0.4, -0.2) is 16.2 Å². The largest absolute Gasteiger partial charge is 0.383 e. The Hall–Kier alpha value is -7.94. The molecule has 14 aromatic rings. The summed E-state index contributed by atoms with van der Waals surface area (Å²) in [6, 6.07) is 70.2. The Balaban J connectivity index is 0.997. The Morgan fingerprint density at radius 3 is 1.51 bits per heavy atom. The van der Waals surface area contributed by atoms with Crippen molar-refractivity contribution in [3.63, 3.8) is 0 Å². The first kappa shape index (κ1) is 38.3. The van der Waals surface area contributed by atoms with E-state index in [1.54, 1.807) is 22.7 Å². The average molecular weight is 909 g/mol. The van der Waals surface area contributed by atoms with E-state index in [0.29, 0.717) is 11.7 Å². The third-order valence-electron chi connectivity index (χ3n) is 13.3. The summed E-state index contributed by atoms with van der Waals surface area (Å²) in [5, 5.41) is 14.7. The number of aliphatic imine (C=N–C) groups is 2. The van der Waals surface area contributed by atoms with Crippen LogP contribution in [0.4, 0.5) is 0 Å². The van der Waals surface area contributed by atoms with Gasteiger partial charge in [0.25, 0.3) is 0 Å². The fraction of sp³-hybridized carbons (Fsp3) is 0. The molecule has 4 heterocycles. The van der Waals surface area contributed by atoms with Crippen LogP contribution in [0.5, 0.6) is 0 Å². The lowest BCUT2D eigenvalue weighted by Crippen LogP contribution is -2.16. The Morgan fingerprint density at radius 2 is 0.896 bits per heavy atom. The standard InChI is InChI=1S/C60H36N4S3/c61-59(40-21-24-44-42-15-5-8-18-51(42)66-55(44)33-40)63-60(41-22-25-45-43-16-6-9-19-52(43)67-56(45)34-41)62-28-27-35-23-26-54-57(46-17-7-10-20-53(46)65-54)58(35)64-49-31-38-13-3-1-11-36(38)29-47(49)48-30-37-12-2-4-14-39(37)32-50(48)64/h1-34H,(H2,61,62,63)/b28-27+. The molecule has 4 nitrogen and oxygen atoms in total. The molecule has 67 heavy (non-hydrogen) atoms. The summed E-state index contributed by atoms with van der Waals surface area (Å²) in [6.45, 7) is 0. The molecule has 7 heteroatoms. The van der Waals surface area contributed by atoms with Crippen molar-refractivity contribution in [3.05, 3.63) is 217 Å². The van der Waals surface area contributed by atoms with Gasteiger partial charge in [-0.3, -0.25) is 0 Å². The van der Waals surface area contributed by atoms with Crippen LogP contribution in [0.1, 0.15) is 16.7 Å². The lowest BCUT2D eigenvalue weighted by molar-refractivity contribution is 1.20. The van der Waals surface area contributed by atoms with Crippen LogP contribution in [0.15, 0.2) is 210 Å². The summed E-state index contributed by atoms with van der Waals surface area (Å²) in [7, 11) is 0. The van der Waals surface area contributed by atoms with Gasteiger partial charge in [0, 0.05) is 94.2 Å². The second-order valence-electron chi connectivity index (χ2n) is 17.1. The second-order valence-corrected chi connectivity index (χ2v) is 20.4. The molecule has 0 fully saturated rings. The van der Waals surface area contributed by atoms with Crippen LogP contribution < -0.4 is 5.73 Å². The number of fused-ring (bicyclic) bond motifs is 14. The molecule has 4 aromatic heterocycles. The van der Waals surface area contributed by atoms with Crippen molar-refractivity contribution in [2.24, 2.45) is 15.7 Å². The first-order chi connectivity index (χ1) is 33.1. The van der Waals surface area contributed by atoms with Crippen molar-refractivity contribution in [2.45, 2.75) is 0 Å². The number of aromatic nitrogens is 1. The molecule has 0 aliphatic carbocycles. The van der Waals surface area contributed by atoms with E-state index in [1.165, 1.54) is 92.8 Å². The Kier molecular flexibility index (Phi) is 8.61. The predicted octanol–water partition coefficient (Wildman–Crippen LogP) is 17.0. The molecule has 0 radical (unpaired) electrons. The van der Waals surface area contributed by atoms with E-state index in [9.17, 15) is 0 Å². The summed E-state index contributed by atoms with van der Waals surface area (Å²) in [5.74, 6) is 0.961. The number of amidine groups is 2. The molecule has 0 spiro atoms. The molecule has 2 N–H and O–H groups in total.